The van der Waals surface area contributed by atoms with Crippen molar-refractivity contribution >= 4 is 17.0 Å². The van der Waals surface area contributed by atoms with Crippen LogP contribution in [0.5, 0.6) is 5.75 Å². The van der Waals surface area contributed by atoms with E-state index in [1.165, 1.54) is 0 Å². The minimum Gasteiger partial charge on any atom is -0.492 e. The van der Waals surface area contributed by atoms with Crippen molar-refractivity contribution in [3.8, 4) is 5.75 Å². The van der Waals surface area contributed by atoms with Crippen molar-refractivity contribution < 1.29 is 4.74 Å². The molecule has 0 radical (unpaired) electrons. The molecule has 0 fully saturated rings. The topological polar surface area (TPSA) is 82.3 Å². The minimum atomic E-state index is 0.527. The molecule has 0 bridgehead atoms. The van der Waals surface area contributed by atoms with Gasteiger partial charge in [0.1, 0.15) is 12.4 Å². The van der Waals surface area contributed by atoms with Crippen molar-refractivity contribution in [2.75, 3.05) is 39.5 Å². The van der Waals surface area contributed by atoms with Crippen molar-refractivity contribution in [2.45, 2.75) is 13.0 Å². The number of hydrogen-bond donors (Lipinski definition) is 2. The summed E-state index contributed by atoms with van der Waals surface area (Å²) < 4.78 is 7.73. The lowest BCUT2D eigenvalue weighted by molar-refractivity contribution is 0.261. The van der Waals surface area contributed by atoms with Gasteiger partial charge < -0.3 is 25.7 Å². The first-order valence-electron chi connectivity index (χ1n) is 6.85. The molecular weight excluding hydrogens is 254 g/mol. The Morgan fingerprint density at radius 3 is 2.85 bits per heavy atom. The van der Waals surface area contributed by atoms with Crippen molar-refractivity contribution in [3.63, 3.8) is 0 Å². The van der Waals surface area contributed by atoms with Gasteiger partial charge in [-0.3, -0.25) is 0 Å². The molecule has 1 aromatic heterocycles. The molecule has 0 saturated heterocycles. The SMILES string of the molecule is CN(C)CCOc1ccc2nc(N)n(CCCN)c2c1. The van der Waals surface area contributed by atoms with Crippen LogP contribution in [0.2, 0.25) is 0 Å². The summed E-state index contributed by atoms with van der Waals surface area (Å²) in [5, 5.41) is 0. The number of imidazole rings is 1. The van der Waals surface area contributed by atoms with Crippen LogP contribution in [0.25, 0.3) is 11.0 Å². The Labute approximate surface area is 119 Å². The number of aryl methyl sites for hydroxylation is 1. The Kier molecular flexibility index (Phi) is 4.81. The number of hydrogen-bond acceptors (Lipinski definition) is 5. The Bertz CT molecular complexity index is 564. The van der Waals surface area contributed by atoms with Gasteiger partial charge in [0.2, 0.25) is 5.95 Å². The highest BCUT2D eigenvalue weighted by Crippen LogP contribution is 2.23. The number of nitrogens with zero attached hydrogens (tertiary/aromatic N) is 3. The summed E-state index contributed by atoms with van der Waals surface area (Å²) in [5.74, 6) is 1.37. The first-order valence-corrected chi connectivity index (χ1v) is 6.85. The van der Waals surface area contributed by atoms with Crippen LogP contribution in [0.15, 0.2) is 18.2 Å². The molecule has 0 aliphatic heterocycles. The van der Waals surface area contributed by atoms with E-state index in [0.717, 1.165) is 36.3 Å². The lowest BCUT2D eigenvalue weighted by Gasteiger charge is -2.11. The molecule has 6 heteroatoms. The van der Waals surface area contributed by atoms with Crippen LogP contribution in [0.1, 0.15) is 6.42 Å². The number of ether oxygens (including phenoxy) is 1. The molecule has 2 aromatic rings. The van der Waals surface area contributed by atoms with Crippen molar-refractivity contribution in [1.82, 2.24) is 14.5 Å². The fraction of sp³-hybridized carbons (Fsp3) is 0.500. The van der Waals surface area contributed by atoms with Gasteiger partial charge in [-0.1, -0.05) is 0 Å². The first-order chi connectivity index (χ1) is 9.61. The molecule has 4 N–H and O–H groups in total. The average Bonchev–Trinajstić information content (AvgIpc) is 2.71. The lowest BCUT2D eigenvalue weighted by Crippen LogP contribution is -2.19. The highest BCUT2D eigenvalue weighted by Gasteiger charge is 2.09. The Balaban J connectivity index is 2.18. The van der Waals surface area contributed by atoms with Gasteiger partial charge in [-0.25, -0.2) is 4.98 Å². The van der Waals surface area contributed by atoms with Crippen molar-refractivity contribution in [3.05, 3.63) is 18.2 Å². The molecule has 0 spiro atoms. The summed E-state index contributed by atoms with van der Waals surface area (Å²) >= 11 is 0. The lowest BCUT2D eigenvalue weighted by atomic mass is 10.3. The fourth-order valence-electron chi connectivity index (χ4n) is 2.04. The molecule has 1 aromatic carbocycles. The summed E-state index contributed by atoms with van der Waals surface area (Å²) in [6.45, 7) is 2.95. The third-order valence-electron chi connectivity index (χ3n) is 3.14. The predicted molar refractivity (Wildman–Crippen MR) is 81.9 cm³/mol. The van der Waals surface area contributed by atoms with E-state index in [4.69, 9.17) is 16.2 Å². The highest BCUT2D eigenvalue weighted by atomic mass is 16.5. The molecule has 0 unspecified atom stereocenters. The monoisotopic (exact) mass is 277 g/mol. The van der Waals surface area contributed by atoms with Crippen LogP contribution < -0.4 is 16.2 Å². The quantitative estimate of drug-likeness (QED) is 0.786. The number of likely N-dealkylation sites (N-methyl/N-ethyl adjacent to an activating group) is 1. The largest absolute Gasteiger partial charge is 0.492 e. The highest BCUT2D eigenvalue weighted by molar-refractivity contribution is 5.79. The zero-order valence-corrected chi connectivity index (χ0v) is 12.2. The maximum absolute atomic E-state index is 5.95. The molecule has 6 nitrogen and oxygen atoms in total. The molecule has 0 amide bonds. The van der Waals surface area contributed by atoms with Gasteiger partial charge in [0.25, 0.3) is 0 Å². The van der Waals surface area contributed by atoms with E-state index >= 15 is 0 Å². The van der Waals surface area contributed by atoms with Gasteiger partial charge in [-0.15, -0.1) is 0 Å². The number of nitrogen functional groups attached to an aromatic ring is 1. The Hall–Kier alpha value is -1.79. The van der Waals surface area contributed by atoms with Gasteiger partial charge in [0, 0.05) is 19.2 Å². The molecular formula is C14H23N5O. The van der Waals surface area contributed by atoms with Crippen molar-refractivity contribution in [1.29, 1.82) is 0 Å². The zero-order valence-electron chi connectivity index (χ0n) is 12.2. The zero-order chi connectivity index (χ0) is 14.5. The predicted octanol–water partition coefficient (Wildman–Crippen LogP) is 0.908. The van der Waals surface area contributed by atoms with E-state index in [9.17, 15) is 0 Å². The van der Waals surface area contributed by atoms with Crippen LogP contribution in [0, 0.1) is 0 Å². The molecule has 0 aliphatic carbocycles. The number of aromatic nitrogens is 2. The molecule has 0 saturated carbocycles. The van der Waals surface area contributed by atoms with E-state index in [1.807, 2.05) is 36.9 Å². The number of nitrogens with two attached hydrogens (primary N) is 2. The minimum absolute atomic E-state index is 0.527. The molecule has 110 valence electrons. The second-order valence-corrected chi connectivity index (χ2v) is 5.07. The fourth-order valence-corrected chi connectivity index (χ4v) is 2.04. The van der Waals surface area contributed by atoms with E-state index in [2.05, 4.69) is 9.88 Å². The molecule has 0 aliphatic rings. The van der Waals surface area contributed by atoms with Gasteiger partial charge in [-0.2, -0.15) is 0 Å². The third kappa shape index (κ3) is 3.40. The van der Waals surface area contributed by atoms with Gasteiger partial charge in [-0.05, 0) is 39.2 Å². The number of fused-ring (bicyclic) bond motifs is 1. The van der Waals surface area contributed by atoms with Crippen LogP contribution in [-0.4, -0.2) is 48.2 Å². The van der Waals surface area contributed by atoms with E-state index in [0.29, 0.717) is 19.1 Å². The second kappa shape index (κ2) is 6.58. The maximum atomic E-state index is 5.95. The molecule has 20 heavy (non-hydrogen) atoms. The smallest absolute Gasteiger partial charge is 0.201 e. The molecule has 0 atom stereocenters. The Morgan fingerprint density at radius 2 is 2.15 bits per heavy atom. The van der Waals surface area contributed by atoms with Crippen molar-refractivity contribution in [2.24, 2.45) is 5.73 Å². The van der Waals surface area contributed by atoms with Crippen LogP contribution >= 0.6 is 0 Å². The molecule has 2 rings (SSSR count). The summed E-state index contributed by atoms with van der Waals surface area (Å²) in [4.78, 5) is 6.44. The maximum Gasteiger partial charge on any atom is 0.201 e. The first kappa shape index (κ1) is 14.6. The second-order valence-electron chi connectivity index (χ2n) is 5.07. The summed E-state index contributed by atoms with van der Waals surface area (Å²) in [7, 11) is 4.05. The normalized spacial score (nSPS) is 11.4. The van der Waals surface area contributed by atoms with Crippen LogP contribution in [0.3, 0.4) is 0 Å². The summed E-state index contributed by atoms with van der Waals surface area (Å²) in [6, 6.07) is 5.86. The van der Waals surface area contributed by atoms with E-state index in [1.54, 1.807) is 0 Å². The van der Waals surface area contributed by atoms with Gasteiger partial charge in [0.15, 0.2) is 0 Å². The van der Waals surface area contributed by atoms with Gasteiger partial charge >= 0.3 is 0 Å². The summed E-state index contributed by atoms with van der Waals surface area (Å²) in [6.07, 6.45) is 0.876. The molecule has 1 heterocycles. The average molecular weight is 277 g/mol. The van der Waals surface area contributed by atoms with Gasteiger partial charge in [0.05, 0.1) is 11.0 Å². The Morgan fingerprint density at radius 1 is 1.35 bits per heavy atom. The van der Waals surface area contributed by atoms with Crippen LogP contribution in [0.4, 0.5) is 5.95 Å². The number of anilines is 1. The van der Waals surface area contributed by atoms with Crippen LogP contribution in [-0.2, 0) is 6.54 Å². The summed E-state index contributed by atoms with van der Waals surface area (Å²) in [5.41, 5.74) is 13.4. The number of benzene rings is 1. The van der Waals surface area contributed by atoms with E-state index < -0.39 is 0 Å². The number of rotatable bonds is 7. The third-order valence-corrected chi connectivity index (χ3v) is 3.14. The van der Waals surface area contributed by atoms with E-state index in [-0.39, 0.29) is 0 Å². The standard InChI is InChI=1S/C14H23N5O/c1-18(2)8-9-20-11-4-5-12-13(10-11)19(7-3-6-15)14(16)17-12/h4-5,10H,3,6-9,15H2,1-2H3,(H2,16,17).